The van der Waals surface area contributed by atoms with Crippen molar-refractivity contribution in [2.75, 3.05) is 6.54 Å². The average Bonchev–Trinajstić information content (AvgIpc) is 1.61. The first kappa shape index (κ1) is 6.07. The third-order valence-corrected chi connectivity index (χ3v) is 0.407. The number of nitrogens with one attached hydrogen (secondary N) is 2. The second-order valence-corrected chi connectivity index (χ2v) is 1.15. The van der Waals surface area contributed by atoms with Gasteiger partial charge in [-0.1, -0.05) is 5.22 Å². The Hall–Kier alpha value is -0.930. The molecule has 0 aromatic carbocycles. The van der Waals surface area contributed by atoms with E-state index >= 15 is 0 Å². The van der Waals surface area contributed by atoms with Crippen molar-refractivity contribution in [3.8, 4) is 0 Å². The maximum Gasteiger partial charge on any atom is 0.150 e. The van der Waals surface area contributed by atoms with E-state index in [0.29, 0.717) is 0 Å². The predicted molar refractivity (Wildman–Crippen MR) is 23.8 cm³/mol. The summed E-state index contributed by atoms with van der Waals surface area (Å²) in [6.45, 7) is 1.58. The Labute approximate surface area is 41.4 Å². The molecule has 0 saturated carbocycles. The second kappa shape index (κ2) is 3.27. The number of hydrogen-bond acceptors (Lipinski definition) is 3. The summed E-state index contributed by atoms with van der Waals surface area (Å²) < 4.78 is 0. The maximum atomic E-state index is 10.00. The highest BCUT2D eigenvalue weighted by atomic mass is 16.1. The fourth-order valence-corrected chi connectivity index (χ4v) is 0.151. The average molecular weight is 101 g/mol. The van der Waals surface area contributed by atoms with Crippen LogP contribution in [-0.4, -0.2) is 12.3 Å². The molecule has 0 fully saturated rings. The molecule has 4 nitrogen and oxygen atoms in total. The predicted octanol–water partition coefficient (Wildman–Crippen LogP) is 0.111. The summed E-state index contributed by atoms with van der Waals surface area (Å²) in [5, 5.41) is 2.76. The number of hydrogen-bond donors (Lipinski definition) is 2. The molecule has 0 aromatic heterocycles. The van der Waals surface area contributed by atoms with Crippen LogP contribution >= 0.6 is 0 Å². The van der Waals surface area contributed by atoms with Crippen LogP contribution in [0.25, 0.3) is 0 Å². The van der Waals surface area contributed by atoms with Gasteiger partial charge in [0.2, 0.25) is 0 Å². The molecule has 0 amide bonds. The first-order chi connectivity index (χ1) is 3.27. The van der Waals surface area contributed by atoms with E-state index < -0.39 is 0 Å². The van der Waals surface area contributed by atoms with Crippen molar-refractivity contribution in [1.82, 2.24) is 5.43 Å². The van der Waals surface area contributed by atoms with Gasteiger partial charge in [-0.05, 0) is 6.92 Å². The van der Waals surface area contributed by atoms with Crippen molar-refractivity contribution in [3.63, 3.8) is 0 Å². The van der Waals surface area contributed by atoms with Gasteiger partial charge in [-0.25, -0.2) is 0 Å². The Balaban J connectivity index is 2.97. The van der Waals surface area contributed by atoms with Crippen LogP contribution in [-0.2, 0) is 4.79 Å². The third-order valence-electron chi connectivity index (χ3n) is 0.407. The molecule has 0 aliphatic heterocycles. The van der Waals surface area contributed by atoms with Gasteiger partial charge >= 0.3 is 0 Å². The van der Waals surface area contributed by atoms with Crippen LogP contribution in [0.5, 0.6) is 0 Å². The number of nitrogens with zero attached hydrogens (tertiary/aromatic N) is 1. The van der Waals surface area contributed by atoms with Crippen LogP contribution in [0.15, 0.2) is 5.22 Å². The Bertz CT molecular complexity index is 80.2. The summed E-state index contributed by atoms with van der Waals surface area (Å²) in [4.78, 5) is 10.00. The van der Waals surface area contributed by atoms with Crippen molar-refractivity contribution in [2.24, 2.45) is 5.22 Å². The van der Waals surface area contributed by atoms with Gasteiger partial charge in [0.25, 0.3) is 0 Å². The molecule has 40 valence electrons. The monoisotopic (exact) mass is 101 g/mol. The van der Waals surface area contributed by atoms with Gasteiger partial charge in [0.15, 0.2) is 5.78 Å². The summed E-state index contributed by atoms with van der Waals surface area (Å²) in [5.41, 5.74) is 8.35. The van der Waals surface area contributed by atoms with E-state index in [1.807, 2.05) is 0 Å². The number of rotatable bonds is 3. The van der Waals surface area contributed by atoms with Crippen LogP contribution in [0.2, 0.25) is 0 Å². The summed E-state index contributed by atoms with van der Waals surface area (Å²) in [5.74, 6) is -0.0176. The highest BCUT2D eigenvalue weighted by Gasteiger charge is 1.84. The van der Waals surface area contributed by atoms with Crippen LogP contribution in [0.3, 0.4) is 0 Å². The zero-order valence-corrected chi connectivity index (χ0v) is 4.06. The molecule has 0 heterocycles. The van der Waals surface area contributed by atoms with Crippen molar-refractivity contribution in [2.45, 2.75) is 6.92 Å². The quantitative estimate of drug-likeness (QED) is 0.391. The lowest BCUT2D eigenvalue weighted by atomic mass is 10.5. The largest absolute Gasteiger partial charge is 0.298 e. The third kappa shape index (κ3) is 5.07. The Morgan fingerprint density at radius 2 is 2.57 bits per heavy atom. The zero-order chi connectivity index (χ0) is 5.70. The highest BCUT2D eigenvalue weighted by molar-refractivity contribution is 5.77. The second-order valence-electron chi connectivity index (χ2n) is 1.15. The van der Waals surface area contributed by atoms with E-state index in [1.54, 1.807) is 0 Å². The zero-order valence-electron chi connectivity index (χ0n) is 4.06. The van der Waals surface area contributed by atoms with E-state index in [-0.39, 0.29) is 12.3 Å². The first-order valence-corrected chi connectivity index (χ1v) is 1.86. The first-order valence-electron chi connectivity index (χ1n) is 1.86. The highest BCUT2D eigenvalue weighted by Crippen LogP contribution is 1.61. The van der Waals surface area contributed by atoms with Gasteiger partial charge in [0.1, 0.15) is 0 Å². The van der Waals surface area contributed by atoms with Crippen LogP contribution in [0.4, 0.5) is 0 Å². The molecule has 2 N–H and O–H groups in total. The number of Topliss-reactive ketones (excluding diaryl/α,β-unsaturated/α-hetero) is 1. The summed E-state index contributed by atoms with van der Waals surface area (Å²) >= 11 is 0. The fourth-order valence-electron chi connectivity index (χ4n) is 0.151. The molecule has 0 bridgehead atoms. The molecule has 7 heavy (non-hydrogen) atoms. The molecule has 0 radical (unpaired) electrons. The van der Waals surface area contributed by atoms with E-state index in [0.717, 1.165) is 0 Å². The van der Waals surface area contributed by atoms with E-state index in [1.165, 1.54) is 6.92 Å². The molecule has 0 aliphatic carbocycles. The van der Waals surface area contributed by atoms with Crippen molar-refractivity contribution in [3.05, 3.63) is 0 Å². The number of ketones is 1. The topological polar surface area (TPSA) is 65.3 Å². The lowest BCUT2D eigenvalue weighted by molar-refractivity contribution is -0.116. The molecule has 0 spiro atoms. The molecular formula is C3H7N3O. The van der Waals surface area contributed by atoms with Gasteiger partial charge < -0.3 is 0 Å². The lowest BCUT2D eigenvalue weighted by Crippen LogP contribution is -2.13. The minimum atomic E-state index is -0.0176. The van der Waals surface area contributed by atoms with E-state index in [9.17, 15) is 4.79 Å². The number of carbonyl (C=O) groups is 1. The molecule has 0 atom stereocenters. The molecule has 4 heteroatoms. The molecular weight excluding hydrogens is 94.1 g/mol. The normalized spacial score (nSPS) is 7.57. The smallest absolute Gasteiger partial charge is 0.150 e. The van der Waals surface area contributed by atoms with Crippen LogP contribution < -0.4 is 5.43 Å². The van der Waals surface area contributed by atoms with Gasteiger partial charge in [0, 0.05) is 0 Å². The van der Waals surface area contributed by atoms with Crippen molar-refractivity contribution < 1.29 is 4.79 Å². The SMILES string of the molecule is CC(=O)CNN=N. The summed E-state index contributed by atoms with van der Waals surface area (Å²) in [6.07, 6.45) is 0. The minimum absolute atomic E-state index is 0.0176. The molecule has 0 saturated heterocycles. The van der Waals surface area contributed by atoms with Gasteiger partial charge in [-0.15, -0.1) is 0 Å². The van der Waals surface area contributed by atoms with Crippen LogP contribution in [0.1, 0.15) is 6.92 Å². The van der Waals surface area contributed by atoms with Crippen LogP contribution in [0, 0.1) is 5.53 Å². The molecule has 0 aromatic rings. The summed E-state index contributed by atoms with van der Waals surface area (Å²) in [7, 11) is 0. The Kier molecular flexibility index (Phi) is 2.83. The molecule has 0 unspecified atom stereocenters. The fraction of sp³-hybridized carbons (Fsp3) is 0.667. The van der Waals surface area contributed by atoms with Gasteiger partial charge in [0.05, 0.1) is 6.54 Å². The van der Waals surface area contributed by atoms with Gasteiger partial charge in [-0.3, -0.25) is 10.2 Å². The van der Waals surface area contributed by atoms with Gasteiger partial charge in [-0.2, -0.15) is 5.53 Å². The van der Waals surface area contributed by atoms with Crippen molar-refractivity contribution in [1.29, 1.82) is 5.53 Å². The minimum Gasteiger partial charge on any atom is -0.298 e. The Morgan fingerprint density at radius 1 is 2.00 bits per heavy atom. The number of carbonyl (C=O) groups excluding carboxylic acids is 1. The van der Waals surface area contributed by atoms with E-state index in [4.69, 9.17) is 5.53 Å². The molecule has 0 rings (SSSR count). The summed E-state index contributed by atoms with van der Waals surface area (Å²) in [6, 6.07) is 0. The Morgan fingerprint density at radius 3 is 2.71 bits per heavy atom. The lowest BCUT2D eigenvalue weighted by Gasteiger charge is -1.87. The van der Waals surface area contributed by atoms with Crippen molar-refractivity contribution >= 4 is 5.78 Å². The standard InChI is InChI=1S/C3H7N3O/c1-3(7)2-5-6-4/h2H2,1H3,(H2,4,5). The van der Waals surface area contributed by atoms with E-state index in [2.05, 4.69) is 10.6 Å². The maximum absolute atomic E-state index is 10.00. The molecule has 0 aliphatic rings.